The zero-order valence-electron chi connectivity index (χ0n) is 9.07. The van der Waals surface area contributed by atoms with Gasteiger partial charge in [0, 0.05) is 18.5 Å². The third-order valence-electron chi connectivity index (χ3n) is 2.07. The zero-order chi connectivity index (χ0) is 13.2. The van der Waals surface area contributed by atoms with E-state index in [0.29, 0.717) is 0 Å². The van der Waals surface area contributed by atoms with Gasteiger partial charge >= 0.3 is 0 Å². The smallest absolute Gasteiger partial charge is 0.243 e. The molecule has 1 aromatic heterocycles. The van der Waals surface area contributed by atoms with Crippen LogP contribution in [0.25, 0.3) is 0 Å². The highest BCUT2D eigenvalue weighted by atomic mass is 35.5. The molecular formula is C9H10Cl2N2O3S. The quantitative estimate of drug-likeness (QED) is 0.922. The molecule has 0 saturated heterocycles. The zero-order valence-corrected chi connectivity index (χ0v) is 11.4. The van der Waals surface area contributed by atoms with Gasteiger partial charge in [-0.25, -0.2) is 13.4 Å². The Morgan fingerprint density at radius 2 is 2.00 bits per heavy atom. The monoisotopic (exact) mass is 296 g/mol. The summed E-state index contributed by atoms with van der Waals surface area (Å²) >= 11 is 11.4. The Balaban J connectivity index is 2.85. The van der Waals surface area contributed by atoms with Gasteiger partial charge in [0.05, 0.1) is 10.0 Å². The number of nitrogens with zero attached hydrogens (tertiary/aromatic N) is 1. The van der Waals surface area contributed by atoms with E-state index in [1.54, 1.807) is 0 Å². The van der Waals surface area contributed by atoms with Crippen LogP contribution in [0.5, 0.6) is 0 Å². The molecule has 1 aromatic rings. The topological polar surface area (TPSA) is 76.1 Å². The third kappa shape index (κ3) is 3.83. The second-order valence-corrected chi connectivity index (χ2v) is 6.63. The van der Waals surface area contributed by atoms with Gasteiger partial charge in [-0.15, -0.1) is 0 Å². The van der Waals surface area contributed by atoms with Crippen LogP contribution in [-0.4, -0.2) is 30.8 Å². The van der Waals surface area contributed by atoms with Crippen molar-refractivity contribution in [3.05, 3.63) is 22.3 Å². The molecule has 8 heteroatoms. The Labute approximate surface area is 109 Å². The first-order valence-electron chi connectivity index (χ1n) is 4.52. The maximum atomic E-state index is 11.5. The summed E-state index contributed by atoms with van der Waals surface area (Å²) in [5, 5.41) is 1.67. The first kappa shape index (κ1) is 14.2. The fourth-order valence-electron chi connectivity index (χ4n) is 0.905. The molecule has 0 aromatic carbocycles. The number of halogens is 2. The van der Waals surface area contributed by atoms with Gasteiger partial charge in [-0.1, -0.05) is 23.2 Å². The van der Waals surface area contributed by atoms with E-state index in [1.807, 2.05) is 0 Å². The van der Waals surface area contributed by atoms with Gasteiger partial charge in [-0.3, -0.25) is 4.79 Å². The molecule has 17 heavy (non-hydrogen) atoms. The number of carbonyl (C=O) groups is 1. The highest BCUT2D eigenvalue weighted by Gasteiger charge is 2.23. The predicted molar refractivity (Wildman–Crippen MR) is 67.2 cm³/mol. The van der Waals surface area contributed by atoms with Crippen LogP contribution in [0.15, 0.2) is 12.3 Å². The van der Waals surface area contributed by atoms with Crippen molar-refractivity contribution in [3.63, 3.8) is 0 Å². The summed E-state index contributed by atoms with van der Waals surface area (Å²) in [6, 6.07) is 1.34. The van der Waals surface area contributed by atoms with Crippen LogP contribution in [0.2, 0.25) is 10.0 Å². The minimum atomic E-state index is -3.44. The van der Waals surface area contributed by atoms with E-state index in [4.69, 9.17) is 23.2 Å². The maximum absolute atomic E-state index is 11.5. The van der Waals surface area contributed by atoms with Gasteiger partial charge in [-0.05, 0) is 6.92 Å². The van der Waals surface area contributed by atoms with E-state index >= 15 is 0 Å². The van der Waals surface area contributed by atoms with Gasteiger partial charge in [0.15, 0.2) is 9.84 Å². The van der Waals surface area contributed by atoms with Gasteiger partial charge < -0.3 is 5.32 Å². The van der Waals surface area contributed by atoms with Crippen LogP contribution in [0, 0.1) is 0 Å². The van der Waals surface area contributed by atoms with Crippen molar-refractivity contribution < 1.29 is 13.2 Å². The van der Waals surface area contributed by atoms with Crippen molar-refractivity contribution in [2.75, 3.05) is 11.6 Å². The molecule has 0 radical (unpaired) electrons. The number of sulfone groups is 1. The summed E-state index contributed by atoms with van der Waals surface area (Å²) in [6.45, 7) is 1.29. The lowest BCUT2D eigenvalue weighted by Gasteiger charge is -2.10. The molecule has 0 fully saturated rings. The van der Waals surface area contributed by atoms with E-state index in [1.165, 1.54) is 19.2 Å². The highest BCUT2D eigenvalue weighted by molar-refractivity contribution is 7.92. The first-order chi connectivity index (χ1) is 7.71. The third-order valence-corrected chi connectivity index (χ3v) is 4.28. The fraction of sp³-hybridized carbons (Fsp3) is 0.333. The van der Waals surface area contributed by atoms with Gasteiger partial charge in [0.2, 0.25) is 5.91 Å². The normalized spacial score (nSPS) is 13.2. The second-order valence-electron chi connectivity index (χ2n) is 3.44. The molecule has 1 heterocycles. The maximum Gasteiger partial charge on any atom is 0.243 e. The lowest BCUT2D eigenvalue weighted by molar-refractivity contribution is -0.115. The molecule has 0 saturated carbocycles. The standard InChI is InChI=1S/C9H10Cl2N2O3S/c1-5(17(2,15)16)9(14)13-8-3-6(10)7(11)4-12-8/h3-5H,1-2H3,(H,12,13,14). The molecule has 1 N–H and O–H groups in total. The number of hydrogen-bond donors (Lipinski definition) is 1. The van der Waals surface area contributed by atoms with Crippen LogP contribution in [0.4, 0.5) is 5.82 Å². The van der Waals surface area contributed by atoms with Crippen LogP contribution in [-0.2, 0) is 14.6 Å². The largest absolute Gasteiger partial charge is 0.310 e. The highest BCUT2D eigenvalue weighted by Crippen LogP contribution is 2.22. The molecule has 1 rings (SSSR count). The Bertz CT molecular complexity index is 545. The average Bonchev–Trinajstić information content (AvgIpc) is 2.21. The van der Waals surface area contributed by atoms with Crippen molar-refractivity contribution in [2.24, 2.45) is 0 Å². The van der Waals surface area contributed by atoms with Gasteiger partial charge in [-0.2, -0.15) is 0 Å². The summed E-state index contributed by atoms with van der Waals surface area (Å²) in [7, 11) is -3.44. The molecule has 1 atom stereocenters. The second kappa shape index (κ2) is 5.20. The molecule has 5 nitrogen and oxygen atoms in total. The van der Waals surface area contributed by atoms with Crippen LogP contribution in [0.1, 0.15) is 6.92 Å². The Hall–Kier alpha value is -0.850. The number of aromatic nitrogens is 1. The number of carbonyl (C=O) groups excluding carboxylic acids is 1. The first-order valence-corrected chi connectivity index (χ1v) is 7.23. The van der Waals surface area contributed by atoms with E-state index < -0.39 is 21.0 Å². The van der Waals surface area contributed by atoms with E-state index in [0.717, 1.165) is 6.26 Å². The molecular weight excluding hydrogens is 287 g/mol. The Kier molecular flexibility index (Phi) is 4.35. The molecule has 0 aliphatic heterocycles. The minimum absolute atomic E-state index is 0.153. The van der Waals surface area contributed by atoms with E-state index in [-0.39, 0.29) is 15.9 Å². The van der Waals surface area contributed by atoms with Gasteiger partial charge in [0.1, 0.15) is 11.1 Å². The molecule has 0 bridgehead atoms. The lowest BCUT2D eigenvalue weighted by Crippen LogP contribution is -2.32. The van der Waals surface area contributed by atoms with Crippen LogP contribution < -0.4 is 5.32 Å². The molecule has 0 aliphatic carbocycles. The number of anilines is 1. The Morgan fingerprint density at radius 1 is 1.41 bits per heavy atom. The van der Waals surface area contributed by atoms with Crippen molar-refractivity contribution >= 4 is 44.8 Å². The predicted octanol–water partition coefficient (Wildman–Crippen LogP) is 1.76. The van der Waals surface area contributed by atoms with Crippen molar-refractivity contribution in [2.45, 2.75) is 12.2 Å². The summed E-state index contributed by atoms with van der Waals surface area (Å²) in [5.41, 5.74) is 0. The van der Waals surface area contributed by atoms with Crippen molar-refractivity contribution in [1.82, 2.24) is 4.98 Å². The lowest BCUT2D eigenvalue weighted by atomic mass is 10.4. The average molecular weight is 297 g/mol. The van der Waals surface area contributed by atoms with Crippen molar-refractivity contribution in [3.8, 4) is 0 Å². The Morgan fingerprint density at radius 3 is 2.47 bits per heavy atom. The molecule has 94 valence electrons. The van der Waals surface area contributed by atoms with Gasteiger partial charge in [0.25, 0.3) is 0 Å². The van der Waals surface area contributed by atoms with Crippen molar-refractivity contribution in [1.29, 1.82) is 0 Å². The number of amides is 1. The minimum Gasteiger partial charge on any atom is -0.310 e. The SMILES string of the molecule is CC(C(=O)Nc1cc(Cl)c(Cl)cn1)S(C)(=O)=O. The summed E-state index contributed by atoms with van der Waals surface area (Å²) in [4.78, 5) is 15.3. The van der Waals surface area contributed by atoms with E-state index in [9.17, 15) is 13.2 Å². The van der Waals surface area contributed by atoms with Crippen LogP contribution in [0.3, 0.4) is 0 Å². The number of rotatable bonds is 3. The number of nitrogens with one attached hydrogen (secondary N) is 1. The number of pyridine rings is 1. The van der Waals surface area contributed by atoms with E-state index in [2.05, 4.69) is 10.3 Å². The molecule has 1 unspecified atom stereocenters. The summed E-state index contributed by atoms with van der Waals surface area (Å²) < 4.78 is 22.3. The summed E-state index contributed by atoms with van der Waals surface area (Å²) in [6.07, 6.45) is 2.25. The summed E-state index contributed by atoms with van der Waals surface area (Å²) in [5.74, 6) is -0.515. The molecule has 0 aliphatic rings. The molecule has 0 spiro atoms. The number of hydrogen-bond acceptors (Lipinski definition) is 4. The fourth-order valence-corrected chi connectivity index (χ4v) is 1.61. The van der Waals surface area contributed by atoms with Crippen LogP contribution >= 0.6 is 23.2 Å². The molecule has 1 amide bonds.